The largest absolute Gasteiger partial charge is 0.394 e. The molecule has 4 heteroatoms. The maximum Gasteiger partial charge on any atom is 0.315 e. The number of carbonyl (C=O) groups is 1. The molecule has 1 aliphatic carbocycles. The molecule has 1 atom stereocenters. The zero-order valence-electron chi connectivity index (χ0n) is 11.6. The van der Waals surface area contributed by atoms with Crippen LogP contribution in [0.5, 0.6) is 0 Å². The smallest absolute Gasteiger partial charge is 0.315 e. The fourth-order valence-electron chi connectivity index (χ4n) is 2.43. The quantitative estimate of drug-likeness (QED) is 0.698. The Balaban J connectivity index is 1.74. The van der Waals surface area contributed by atoms with Crippen LogP contribution in [0.1, 0.15) is 37.3 Å². The number of amides is 2. The Labute approximate surface area is 119 Å². The first kappa shape index (κ1) is 14.6. The number of allylic oxidation sites excluding steroid dienone is 1. The molecule has 1 aromatic rings. The molecular formula is C16H22N2O2. The van der Waals surface area contributed by atoms with Gasteiger partial charge in [-0.25, -0.2) is 4.79 Å². The lowest BCUT2D eigenvalue weighted by Crippen LogP contribution is -2.39. The van der Waals surface area contributed by atoms with Crippen molar-refractivity contribution in [2.75, 3.05) is 13.2 Å². The Hall–Kier alpha value is -1.81. The van der Waals surface area contributed by atoms with E-state index in [4.69, 9.17) is 0 Å². The second kappa shape index (κ2) is 7.70. The molecule has 1 unspecified atom stereocenters. The monoisotopic (exact) mass is 274 g/mol. The van der Waals surface area contributed by atoms with E-state index in [1.165, 1.54) is 18.4 Å². The number of urea groups is 1. The molecule has 0 aliphatic heterocycles. The van der Waals surface area contributed by atoms with Crippen molar-refractivity contribution in [3.63, 3.8) is 0 Å². The van der Waals surface area contributed by atoms with Gasteiger partial charge in [0, 0.05) is 6.54 Å². The minimum Gasteiger partial charge on any atom is -0.394 e. The summed E-state index contributed by atoms with van der Waals surface area (Å²) in [5, 5.41) is 15.0. The van der Waals surface area contributed by atoms with Gasteiger partial charge in [-0.2, -0.15) is 0 Å². The van der Waals surface area contributed by atoms with Crippen molar-refractivity contribution < 1.29 is 9.90 Å². The summed E-state index contributed by atoms with van der Waals surface area (Å²) in [7, 11) is 0. The van der Waals surface area contributed by atoms with Crippen LogP contribution in [0.15, 0.2) is 42.0 Å². The van der Waals surface area contributed by atoms with E-state index < -0.39 is 0 Å². The Bertz CT molecular complexity index is 457. The van der Waals surface area contributed by atoms with E-state index in [0.29, 0.717) is 6.54 Å². The summed E-state index contributed by atoms with van der Waals surface area (Å²) in [6.07, 6.45) is 6.75. The minimum absolute atomic E-state index is 0.109. The van der Waals surface area contributed by atoms with Gasteiger partial charge in [0.2, 0.25) is 0 Å². The maximum absolute atomic E-state index is 11.8. The first-order chi connectivity index (χ1) is 9.79. The highest BCUT2D eigenvalue weighted by Gasteiger charge is 2.13. The highest BCUT2D eigenvalue weighted by atomic mass is 16.3. The van der Waals surface area contributed by atoms with Crippen LogP contribution in [0.4, 0.5) is 4.79 Å². The molecule has 4 nitrogen and oxygen atoms in total. The molecule has 0 spiro atoms. The second-order valence-electron chi connectivity index (χ2n) is 5.05. The normalized spacial score (nSPS) is 15.6. The number of aliphatic hydroxyl groups is 1. The summed E-state index contributed by atoms with van der Waals surface area (Å²) in [5.41, 5.74) is 2.34. The fourth-order valence-corrected chi connectivity index (χ4v) is 2.43. The molecular weight excluding hydrogens is 252 g/mol. The highest BCUT2D eigenvalue weighted by Crippen LogP contribution is 2.19. The molecule has 0 aromatic heterocycles. The standard InChI is InChI=1S/C16H22N2O2/c19-12-15(14-8-2-1-3-9-14)18-16(20)17-11-10-13-6-4-5-7-13/h1-3,6,8-9,15,19H,4-5,7,10-12H2,(H2,17,18,20). The average Bonchev–Trinajstić information content (AvgIpc) is 2.99. The molecule has 20 heavy (non-hydrogen) atoms. The van der Waals surface area contributed by atoms with Crippen LogP contribution in [-0.2, 0) is 0 Å². The first-order valence-electron chi connectivity index (χ1n) is 7.17. The van der Waals surface area contributed by atoms with Crippen molar-refractivity contribution in [2.24, 2.45) is 0 Å². The first-order valence-corrected chi connectivity index (χ1v) is 7.17. The van der Waals surface area contributed by atoms with Crippen molar-refractivity contribution in [2.45, 2.75) is 31.7 Å². The van der Waals surface area contributed by atoms with Crippen LogP contribution in [0.2, 0.25) is 0 Å². The summed E-state index contributed by atoms with van der Waals surface area (Å²) in [6.45, 7) is 0.535. The minimum atomic E-state index is -0.359. The van der Waals surface area contributed by atoms with Gasteiger partial charge in [0.15, 0.2) is 0 Å². The van der Waals surface area contributed by atoms with Gasteiger partial charge >= 0.3 is 6.03 Å². The molecule has 3 N–H and O–H groups in total. The third kappa shape index (κ3) is 4.38. The molecule has 1 aliphatic rings. The number of carbonyl (C=O) groups excluding carboxylic acids is 1. The predicted molar refractivity (Wildman–Crippen MR) is 79.4 cm³/mol. The SMILES string of the molecule is O=C(NCCC1=CCCC1)NC(CO)c1ccccc1. The van der Waals surface area contributed by atoms with Gasteiger partial charge in [-0.1, -0.05) is 42.0 Å². The summed E-state index contributed by atoms with van der Waals surface area (Å²) < 4.78 is 0. The zero-order valence-corrected chi connectivity index (χ0v) is 11.6. The van der Waals surface area contributed by atoms with Gasteiger partial charge in [0.1, 0.15) is 0 Å². The highest BCUT2D eigenvalue weighted by molar-refractivity contribution is 5.74. The fraction of sp³-hybridized carbons (Fsp3) is 0.438. The Morgan fingerprint density at radius 1 is 1.30 bits per heavy atom. The van der Waals surface area contributed by atoms with Gasteiger partial charge in [0.05, 0.1) is 12.6 Å². The lowest BCUT2D eigenvalue weighted by Gasteiger charge is -2.17. The van der Waals surface area contributed by atoms with Gasteiger partial charge < -0.3 is 15.7 Å². The van der Waals surface area contributed by atoms with E-state index in [0.717, 1.165) is 18.4 Å². The van der Waals surface area contributed by atoms with Gasteiger partial charge in [0.25, 0.3) is 0 Å². The molecule has 108 valence electrons. The number of hydrogen-bond acceptors (Lipinski definition) is 2. The van der Waals surface area contributed by atoms with Crippen LogP contribution in [0, 0.1) is 0 Å². The number of rotatable bonds is 6. The third-order valence-electron chi connectivity index (χ3n) is 3.56. The molecule has 0 fully saturated rings. The topological polar surface area (TPSA) is 61.4 Å². The summed E-state index contributed by atoms with van der Waals surface area (Å²) in [6, 6.07) is 8.89. The lowest BCUT2D eigenvalue weighted by molar-refractivity contribution is 0.217. The van der Waals surface area contributed by atoms with E-state index in [1.54, 1.807) is 0 Å². The van der Waals surface area contributed by atoms with Crippen LogP contribution < -0.4 is 10.6 Å². The molecule has 2 rings (SSSR count). The number of aliphatic hydroxyl groups excluding tert-OH is 1. The molecule has 0 saturated heterocycles. The van der Waals surface area contributed by atoms with E-state index in [1.807, 2.05) is 30.3 Å². The Kier molecular flexibility index (Phi) is 5.62. The van der Waals surface area contributed by atoms with Crippen molar-refractivity contribution >= 4 is 6.03 Å². The van der Waals surface area contributed by atoms with E-state index in [9.17, 15) is 9.90 Å². The molecule has 0 saturated carbocycles. The molecule has 0 radical (unpaired) electrons. The van der Waals surface area contributed by atoms with Crippen molar-refractivity contribution in [3.8, 4) is 0 Å². The summed E-state index contributed by atoms with van der Waals surface area (Å²) in [4.78, 5) is 11.8. The number of nitrogens with one attached hydrogen (secondary N) is 2. The Morgan fingerprint density at radius 3 is 2.75 bits per heavy atom. The third-order valence-corrected chi connectivity index (χ3v) is 3.56. The van der Waals surface area contributed by atoms with Crippen molar-refractivity contribution in [3.05, 3.63) is 47.5 Å². The van der Waals surface area contributed by atoms with Crippen LogP contribution >= 0.6 is 0 Å². The maximum atomic E-state index is 11.8. The van der Waals surface area contributed by atoms with Crippen LogP contribution in [0.3, 0.4) is 0 Å². The van der Waals surface area contributed by atoms with Gasteiger partial charge in [-0.3, -0.25) is 0 Å². The van der Waals surface area contributed by atoms with Crippen LogP contribution in [-0.4, -0.2) is 24.3 Å². The molecule has 0 heterocycles. The van der Waals surface area contributed by atoms with Crippen LogP contribution in [0.25, 0.3) is 0 Å². The second-order valence-corrected chi connectivity index (χ2v) is 5.05. The zero-order chi connectivity index (χ0) is 14.2. The van der Waals surface area contributed by atoms with Gasteiger partial charge in [-0.05, 0) is 31.2 Å². The van der Waals surface area contributed by atoms with E-state index in [2.05, 4.69) is 16.7 Å². The van der Waals surface area contributed by atoms with Crippen molar-refractivity contribution in [1.82, 2.24) is 10.6 Å². The van der Waals surface area contributed by atoms with E-state index in [-0.39, 0.29) is 18.7 Å². The molecule has 1 aromatic carbocycles. The molecule has 0 bridgehead atoms. The Morgan fingerprint density at radius 2 is 2.10 bits per heavy atom. The number of hydrogen-bond donors (Lipinski definition) is 3. The van der Waals surface area contributed by atoms with Gasteiger partial charge in [-0.15, -0.1) is 0 Å². The van der Waals surface area contributed by atoms with E-state index >= 15 is 0 Å². The number of benzene rings is 1. The summed E-state index contributed by atoms with van der Waals surface area (Å²) in [5.74, 6) is 0. The van der Waals surface area contributed by atoms with Crippen molar-refractivity contribution in [1.29, 1.82) is 0 Å². The average molecular weight is 274 g/mol. The summed E-state index contributed by atoms with van der Waals surface area (Å²) >= 11 is 0. The lowest BCUT2D eigenvalue weighted by atomic mass is 10.1. The molecule has 2 amide bonds. The predicted octanol–water partition coefficient (Wildman–Crippen LogP) is 2.52.